The zero-order valence-electron chi connectivity index (χ0n) is 8.04. The Morgan fingerprint density at radius 2 is 2.54 bits per heavy atom. The molecule has 1 aliphatic rings. The molecule has 2 rings (SSSR count). The van der Waals surface area contributed by atoms with Gasteiger partial charge in [0.1, 0.15) is 6.10 Å². The van der Waals surface area contributed by atoms with Crippen LogP contribution in [0.5, 0.6) is 0 Å². The van der Waals surface area contributed by atoms with Crippen LogP contribution in [-0.4, -0.2) is 20.2 Å². The van der Waals surface area contributed by atoms with Gasteiger partial charge in [0, 0.05) is 17.3 Å². The van der Waals surface area contributed by atoms with Gasteiger partial charge in [-0.15, -0.1) is 11.3 Å². The van der Waals surface area contributed by atoms with Crippen LogP contribution in [0.25, 0.3) is 0 Å². The van der Waals surface area contributed by atoms with Gasteiger partial charge in [-0.2, -0.15) is 0 Å². The first kappa shape index (κ1) is 9.19. The number of nitrogens with one attached hydrogen (secondary N) is 1. The van der Waals surface area contributed by atoms with Gasteiger partial charge in [0.25, 0.3) is 0 Å². The summed E-state index contributed by atoms with van der Waals surface area (Å²) in [5.41, 5.74) is 1.48. The van der Waals surface area contributed by atoms with Crippen molar-refractivity contribution < 1.29 is 4.74 Å². The molecule has 1 N–H and O–H groups in total. The largest absolute Gasteiger partial charge is 0.371 e. The van der Waals surface area contributed by atoms with Crippen molar-refractivity contribution in [2.75, 3.05) is 20.2 Å². The fourth-order valence-electron chi connectivity index (χ4n) is 1.76. The van der Waals surface area contributed by atoms with Crippen molar-refractivity contribution in [2.45, 2.75) is 18.9 Å². The average Bonchev–Trinajstić information content (AvgIpc) is 2.59. The van der Waals surface area contributed by atoms with Crippen LogP contribution in [0.3, 0.4) is 0 Å². The summed E-state index contributed by atoms with van der Waals surface area (Å²) >= 11 is 1.81. The van der Waals surface area contributed by atoms with Crippen LogP contribution in [0.1, 0.15) is 29.4 Å². The van der Waals surface area contributed by atoms with Crippen molar-refractivity contribution in [3.8, 4) is 0 Å². The minimum Gasteiger partial charge on any atom is -0.371 e. The Bertz CT molecular complexity index is 284. The number of rotatable bonds is 2. The lowest BCUT2D eigenvalue weighted by Crippen LogP contribution is -2.25. The fourth-order valence-corrected chi connectivity index (χ4v) is 2.83. The van der Waals surface area contributed by atoms with E-state index in [4.69, 9.17) is 4.74 Å². The van der Waals surface area contributed by atoms with E-state index in [1.807, 2.05) is 18.4 Å². The standard InChI is InChI=1S/C10H15NOS/c1-7-6-12-9(5-11-2)10-8(7)3-4-13-10/h3-4,7,9,11H,5-6H2,1-2H3. The van der Waals surface area contributed by atoms with Crippen molar-refractivity contribution in [2.24, 2.45) is 0 Å². The number of fused-ring (bicyclic) bond motifs is 1. The first-order valence-corrected chi connectivity index (χ1v) is 5.54. The van der Waals surface area contributed by atoms with Crippen molar-refractivity contribution in [1.82, 2.24) is 5.32 Å². The summed E-state index contributed by atoms with van der Waals surface area (Å²) in [5.74, 6) is 0.564. The van der Waals surface area contributed by atoms with Gasteiger partial charge in [0.05, 0.1) is 6.61 Å². The Hall–Kier alpha value is -0.380. The SMILES string of the molecule is CNCC1OCC(C)c2ccsc21. The third-order valence-electron chi connectivity index (χ3n) is 2.49. The van der Waals surface area contributed by atoms with E-state index < -0.39 is 0 Å². The van der Waals surface area contributed by atoms with Gasteiger partial charge >= 0.3 is 0 Å². The normalized spacial score (nSPS) is 27.2. The van der Waals surface area contributed by atoms with Crippen molar-refractivity contribution in [3.05, 3.63) is 21.9 Å². The molecule has 3 heteroatoms. The van der Waals surface area contributed by atoms with Gasteiger partial charge in [-0.1, -0.05) is 6.92 Å². The molecule has 0 radical (unpaired) electrons. The van der Waals surface area contributed by atoms with Crippen LogP contribution < -0.4 is 5.32 Å². The van der Waals surface area contributed by atoms with E-state index in [-0.39, 0.29) is 6.10 Å². The third-order valence-corrected chi connectivity index (χ3v) is 3.51. The molecule has 0 saturated carbocycles. The third kappa shape index (κ3) is 1.64. The smallest absolute Gasteiger partial charge is 0.104 e. The molecule has 0 spiro atoms. The van der Waals surface area contributed by atoms with Crippen LogP contribution in [0.2, 0.25) is 0 Å². The summed E-state index contributed by atoms with van der Waals surface area (Å²) in [6.07, 6.45) is 0.274. The molecular formula is C10H15NOS. The summed E-state index contributed by atoms with van der Waals surface area (Å²) in [4.78, 5) is 1.41. The predicted octanol–water partition coefficient (Wildman–Crippen LogP) is 2.14. The Balaban J connectivity index is 2.24. The van der Waals surface area contributed by atoms with E-state index in [2.05, 4.69) is 23.7 Å². The molecule has 2 heterocycles. The van der Waals surface area contributed by atoms with Gasteiger partial charge in [-0.25, -0.2) is 0 Å². The van der Waals surface area contributed by atoms with E-state index in [1.54, 1.807) is 0 Å². The van der Waals surface area contributed by atoms with Crippen molar-refractivity contribution in [3.63, 3.8) is 0 Å². The van der Waals surface area contributed by atoms with Gasteiger partial charge in [-0.05, 0) is 24.1 Å². The quantitative estimate of drug-likeness (QED) is 0.784. The van der Waals surface area contributed by atoms with E-state index >= 15 is 0 Å². The topological polar surface area (TPSA) is 21.3 Å². The zero-order valence-corrected chi connectivity index (χ0v) is 8.86. The van der Waals surface area contributed by atoms with Crippen LogP contribution in [-0.2, 0) is 4.74 Å². The molecule has 1 aliphatic heterocycles. The zero-order chi connectivity index (χ0) is 9.26. The molecule has 1 aromatic rings. The fraction of sp³-hybridized carbons (Fsp3) is 0.600. The minimum absolute atomic E-state index is 0.274. The van der Waals surface area contributed by atoms with E-state index in [0.29, 0.717) is 5.92 Å². The molecule has 2 nitrogen and oxygen atoms in total. The highest BCUT2D eigenvalue weighted by molar-refractivity contribution is 7.10. The maximum atomic E-state index is 5.76. The molecule has 0 aliphatic carbocycles. The van der Waals surface area contributed by atoms with Gasteiger partial charge in [-0.3, -0.25) is 0 Å². The molecule has 1 aromatic heterocycles. The molecule has 0 amide bonds. The summed E-state index contributed by atoms with van der Waals surface area (Å²) < 4.78 is 5.76. The second-order valence-electron chi connectivity index (χ2n) is 3.52. The van der Waals surface area contributed by atoms with E-state index in [1.165, 1.54) is 10.4 Å². The lowest BCUT2D eigenvalue weighted by molar-refractivity contribution is 0.0350. The lowest BCUT2D eigenvalue weighted by Gasteiger charge is -2.27. The Kier molecular flexibility index (Phi) is 2.67. The summed E-state index contributed by atoms with van der Waals surface area (Å²) in [7, 11) is 1.97. The molecule has 0 bridgehead atoms. The molecule has 0 aromatic carbocycles. The highest BCUT2D eigenvalue weighted by Crippen LogP contribution is 2.36. The number of hydrogen-bond acceptors (Lipinski definition) is 3. The van der Waals surface area contributed by atoms with Crippen LogP contribution in [0, 0.1) is 0 Å². The Morgan fingerprint density at radius 1 is 1.69 bits per heavy atom. The second kappa shape index (κ2) is 3.78. The summed E-state index contributed by atoms with van der Waals surface area (Å²) in [5, 5.41) is 5.33. The lowest BCUT2D eigenvalue weighted by atomic mass is 9.98. The van der Waals surface area contributed by atoms with Crippen LogP contribution in [0.15, 0.2) is 11.4 Å². The molecule has 72 valence electrons. The van der Waals surface area contributed by atoms with Gasteiger partial charge in [0.15, 0.2) is 0 Å². The highest BCUT2D eigenvalue weighted by Gasteiger charge is 2.25. The molecule has 2 unspecified atom stereocenters. The van der Waals surface area contributed by atoms with Crippen molar-refractivity contribution >= 4 is 11.3 Å². The number of likely N-dealkylation sites (N-methyl/N-ethyl adjacent to an activating group) is 1. The Labute approximate surface area is 82.9 Å². The van der Waals surface area contributed by atoms with E-state index in [0.717, 1.165) is 13.2 Å². The monoisotopic (exact) mass is 197 g/mol. The average molecular weight is 197 g/mol. The van der Waals surface area contributed by atoms with Gasteiger partial charge < -0.3 is 10.1 Å². The van der Waals surface area contributed by atoms with Crippen molar-refractivity contribution in [1.29, 1.82) is 0 Å². The van der Waals surface area contributed by atoms with Crippen LogP contribution in [0.4, 0.5) is 0 Å². The Morgan fingerprint density at radius 3 is 3.31 bits per heavy atom. The second-order valence-corrected chi connectivity index (χ2v) is 4.47. The number of ether oxygens (including phenoxy) is 1. The first-order valence-electron chi connectivity index (χ1n) is 4.66. The van der Waals surface area contributed by atoms with Crippen LogP contribution >= 0.6 is 11.3 Å². The maximum Gasteiger partial charge on any atom is 0.104 e. The highest BCUT2D eigenvalue weighted by atomic mass is 32.1. The summed E-state index contributed by atoms with van der Waals surface area (Å²) in [6.45, 7) is 4.00. The predicted molar refractivity (Wildman–Crippen MR) is 55.4 cm³/mol. The summed E-state index contributed by atoms with van der Waals surface area (Å²) in [6, 6.07) is 2.23. The number of thiophene rings is 1. The molecule has 0 saturated heterocycles. The molecule has 2 atom stereocenters. The first-order chi connectivity index (χ1) is 6.33. The van der Waals surface area contributed by atoms with E-state index in [9.17, 15) is 0 Å². The molecular weight excluding hydrogens is 182 g/mol. The van der Waals surface area contributed by atoms with Gasteiger partial charge in [0.2, 0.25) is 0 Å². The minimum atomic E-state index is 0.274. The maximum absolute atomic E-state index is 5.76. The molecule has 0 fully saturated rings. The number of hydrogen-bond donors (Lipinski definition) is 1. The molecule has 13 heavy (non-hydrogen) atoms.